The molecular weight excluding hydrogens is 431 g/mol. The molecule has 2 heterocycles. The summed E-state index contributed by atoms with van der Waals surface area (Å²) < 4.78 is 24.4. The highest BCUT2D eigenvalue weighted by molar-refractivity contribution is 6.31. The van der Waals surface area contributed by atoms with Gasteiger partial charge in [0.15, 0.2) is 0 Å². The molecule has 5 rings (SSSR count). The van der Waals surface area contributed by atoms with Gasteiger partial charge in [0, 0.05) is 34.2 Å². The molecule has 1 amide bonds. The van der Waals surface area contributed by atoms with Crippen LogP contribution in [0.5, 0.6) is 11.5 Å². The number of carbonyl (C=O) groups excluding carboxylic acids is 1. The molecule has 7 heteroatoms. The van der Waals surface area contributed by atoms with E-state index in [4.69, 9.17) is 21.1 Å². The predicted octanol–water partition coefficient (Wildman–Crippen LogP) is 6.12. The van der Waals surface area contributed by atoms with E-state index in [0.717, 1.165) is 33.5 Å². The van der Waals surface area contributed by atoms with E-state index < -0.39 is 18.0 Å². The van der Waals surface area contributed by atoms with Crippen LogP contribution in [-0.4, -0.2) is 29.6 Å². The number of halogens is 2. The first-order valence-corrected chi connectivity index (χ1v) is 10.6. The van der Waals surface area contributed by atoms with Gasteiger partial charge in [0.2, 0.25) is 0 Å². The van der Waals surface area contributed by atoms with Gasteiger partial charge in [-0.2, -0.15) is 0 Å². The minimum atomic E-state index is -0.543. The SMILES string of the molecule is COc1ccc(C2c3[nH]c4ccc(Cl)cc4c3CCN2C(=O)Oc2cccc(F)c2)cc1. The molecule has 3 aromatic carbocycles. The van der Waals surface area contributed by atoms with E-state index in [1.54, 1.807) is 18.1 Å². The fourth-order valence-corrected chi connectivity index (χ4v) is 4.45. The van der Waals surface area contributed by atoms with Crippen LogP contribution in [0.15, 0.2) is 66.7 Å². The molecule has 0 saturated carbocycles. The number of amides is 1. The summed E-state index contributed by atoms with van der Waals surface area (Å²) in [5, 5.41) is 1.71. The number of hydrogen-bond acceptors (Lipinski definition) is 3. The van der Waals surface area contributed by atoms with Crippen molar-refractivity contribution in [2.24, 2.45) is 0 Å². The third kappa shape index (κ3) is 3.67. The van der Waals surface area contributed by atoms with E-state index in [2.05, 4.69) is 4.98 Å². The van der Waals surface area contributed by atoms with Crippen molar-refractivity contribution >= 4 is 28.6 Å². The fourth-order valence-electron chi connectivity index (χ4n) is 4.28. The van der Waals surface area contributed by atoms with Crippen LogP contribution in [0.25, 0.3) is 10.9 Å². The Hall–Kier alpha value is -3.51. The molecule has 0 aliphatic carbocycles. The minimum Gasteiger partial charge on any atom is -0.497 e. The zero-order chi connectivity index (χ0) is 22.2. The number of hydrogen-bond donors (Lipinski definition) is 1. The van der Waals surface area contributed by atoms with Gasteiger partial charge in [-0.05, 0) is 60.0 Å². The Labute approximate surface area is 189 Å². The lowest BCUT2D eigenvalue weighted by atomic mass is 9.92. The van der Waals surface area contributed by atoms with Gasteiger partial charge in [-0.1, -0.05) is 29.8 Å². The van der Waals surface area contributed by atoms with Gasteiger partial charge in [0.25, 0.3) is 0 Å². The Bertz CT molecular complexity index is 1300. The number of aromatic nitrogens is 1. The Kier molecular flexibility index (Phi) is 5.23. The van der Waals surface area contributed by atoms with Crippen molar-refractivity contribution in [1.29, 1.82) is 0 Å². The lowest BCUT2D eigenvalue weighted by molar-refractivity contribution is 0.135. The molecule has 1 atom stereocenters. The number of fused-ring (bicyclic) bond motifs is 3. The number of nitrogens with one attached hydrogen (secondary N) is 1. The molecule has 0 spiro atoms. The Morgan fingerprint density at radius 3 is 2.66 bits per heavy atom. The van der Waals surface area contributed by atoms with Gasteiger partial charge in [0.05, 0.1) is 7.11 Å². The summed E-state index contributed by atoms with van der Waals surface area (Å²) in [5.41, 5.74) is 3.90. The highest BCUT2D eigenvalue weighted by atomic mass is 35.5. The highest BCUT2D eigenvalue weighted by Gasteiger charge is 2.35. The van der Waals surface area contributed by atoms with Crippen LogP contribution < -0.4 is 9.47 Å². The van der Waals surface area contributed by atoms with Gasteiger partial charge in [-0.25, -0.2) is 9.18 Å². The van der Waals surface area contributed by atoms with Crippen molar-refractivity contribution in [2.45, 2.75) is 12.5 Å². The van der Waals surface area contributed by atoms with Crippen LogP contribution in [0.4, 0.5) is 9.18 Å². The first-order valence-electron chi connectivity index (χ1n) is 10.2. The summed E-state index contributed by atoms with van der Waals surface area (Å²) in [4.78, 5) is 18.3. The van der Waals surface area contributed by atoms with E-state index in [0.29, 0.717) is 18.0 Å². The topological polar surface area (TPSA) is 54.6 Å². The van der Waals surface area contributed by atoms with Crippen molar-refractivity contribution < 1.29 is 18.7 Å². The Morgan fingerprint density at radius 2 is 1.91 bits per heavy atom. The van der Waals surface area contributed by atoms with E-state index in [-0.39, 0.29) is 5.75 Å². The number of ether oxygens (including phenoxy) is 2. The summed E-state index contributed by atoms with van der Waals surface area (Å²) in [5.74, 6) is 0.426. The summed E-state index contributed by atoms with van der Waals surface area (Å²) in [6.45, 7) is 0.442. The smallest absolute Gasteiger partial charge is 0.416 e. The lowest BCUT2D eigenvalue weighted by Gasteiger charge is -2.35. The quantitative estimate of drug-likeness (QED) is 0.409. The Morgan fingerprint density at radius 1 is 1.09 bits per heavy atom. The maximum Gasteiger partial charge on any atom is 0.416 e. The molecule has 1 aliphatic rings. The average Bonchev–Trinajstić information content (AvgIpc) is 3.16. The monoisotopic (exact) mass is 450 g/mol. The van der Waals surface area contributed by atoms with Crippen molar-refractivity contribution in [3.05, 3.63) is 94.4 Å². The first-order chi connectivity index (χ1) is 15.5. The van der Waals surface area contributed by atoms with Crippen LogP contribution in [-0.2, 0) is 6.42 Å². The van der Waals surface area contributed by atoms with Crippen molar-refractivity contribution in [3.63, 3.8) is 0 Å². The van der Waals surface area contributed by atoms with Crippen LogP contribution in [0, 0.1) is 5.82 Å². The molecule has 0 fully saturated rings. The molecule has 0 radical (unpaired) electrons. The van der Waals surface area contributed by atoms with Gasteiger partial charge >= 0.3 is 6.09 Å². The van der Waals surface area contributed by atoms with Crippen molar-refractivity contribution in [3.8, 4) is 11.5 Å². The lowest BCUT2D eigenvalue weighted by Crippen LogP contribution is -2.42. The van der Waals surface area contributed by atoms with Crippen LogP contribution >= 0.6 is 11.6 Å². The van der Waals surface area contributed by atoms with Gasteiger partial charge in [0.1, 0.15) is 23.4 Å². The molecule has 162 valence electrons. The van der Waals surface area contributed by atoms with Crippen molar-refractivity contribution in [2.75, 3.05) is 13.7 Å². The second kappa shape index (κ2) is 8.20. The largest absolute Gasteiger partial charge is 0.497 e. The fraction of sp³-hybridized carbons (Fsp3) is 0.160. The van der Waals surface area contributed by atoms with Crippen LogP contribution in [0.2, 0.25) is 5.02 Å². The summed E-state index contributed by atoms with van der Waals surface area (Å²) in [6.07, 6.45) is 0.0966. The third-order valence-electron chi connectivity index (χ3n) is 5.76. The molecule has 1 N–H and O–H groups in total. The zero-order valence-corrected chi connectivity index (χ0v) is 18.0. The minimum absolute atomic E-state index is 0.165. The second-order valence-corrected chi connectivity index (χ2v) is 8.09. The zero-order valence-electron chi connectivity index (χ0n) is 17.3. The van der Waals surface area contributed by atoms with Gasteiger partial charge in [-0.3, -0.25) is 4.90 Å². The molecule has 4 aromatic rings. The molecule has 5 nitrogen and oxygen atoms in total. The number of H-pyrrole nitrogens is 1. The van der Waals surface area contributed by atoms with E-state index in [1.807, 2.05) is 42.5 Å². The number of nitrogens with zero attached hydrogens (tertiary/aromatic N) is 1. The molecule has 1 unspecified atom stereocenters. The highest BCUT2D eigenvalue weighted by Crippen LogP contribution is 2.39. The maximum atomic E-state index is 13.6. The first kappa shape index (κ1) is 20.4. The molecule has 0 saturated heterocycles. The number of carbonyl (C=O) groups is 1. The van der Waals surface area contributed by atoms with Crippen molar-refractivity contribution in [1.82, 2.24) is 9.88 Å². The molecule has 1 aromatic heterocycles. The predicted molar refractivity (Wildman–Crippen MR) is 121 cm³/mol. The second-order valence-electron chi connectivity index (χ2n) is 7.65. The normalized spacial score (nSPS) is 15.5. The number of aromatic amines is 1. The number of methoxy groups -OCH3 is 1. The standard InChI is InChI=1S/C25H20ClFN2O3/c1-31-18-8-5-15(6-9-18)24-23-20(21-13-16(26)7-10-22(21)28-23)11-12-29(24)25(30)32-19-4-2-3-17(27)14-19/h2-10,13-14,24,28H,11-12H2,1H3. The molecule has 0 bridgehead atoms. The molecular formula is C25H20ClFN2O3. The molecule has 32 heavy (non-hydrogen) atoms. The third-order valence-corrected chi connectivity index (χ3v) is 5.99. The summed E-state index contributed by atoms with van der Waals surface area (Å²) in [6, 6.07) is 18.5. The van der Waals surface area contributed by atoms with E-state index in [9.17, 15) is 9.18 Å². The van der Waals surface area contributed by atoms with E-state index in [1.165, 1.54) is 18.2 Å². The summed E-state index contributed by atoms with van der Waals surface area (Å²) >= 11 is 6.24. The van der Waals surface area contributed by atoms with Crippen LogP contribution in [0.3, 0.4) is 0 Å². The Balaban J connectivity index is 1.58. The average molecular weight is 451 g/mol. The van der Waals surface area contributed by atoms with Gasteiger partial charge < -0.3 is 14.5 Å². The maximum absolute atomic E-state index is 13.6. The van der Waals surface area contributed by atoms with Gasteiger partial charge in [-0.15, -0.1) is 0 Å². The summed E-state index contributed by atoms with van der Waals surface area (Å²) in [7, 11) is 1.61. The van der Waals surface area contributed by atoms with E-state index >= 15 is 0 Å². The number of benzene rings is 3. The number of rotatable bonds is 3. The molecule has 1 aliphatic heterocycles. The van der Waals surface area contributed by atoms with Crippen LogP contribution in [0.1, 0.15) is 22.9 Å².